The van der Waals surface area contributed by atoms with E-state index in [-0.39, 0.29) is 24.3 Å². The van der Waals surface area contributed by atoms with Crippen LogP contribution < -0.4 is 40.5 Å². The van der Waals surface area contributed by atoms with Crippen molar-refractivity contribution < 1.29 is 33.2 Å². The molecule has 6 aliphatic heterocycles. The molecule has 0 spiro atoms. The number of ether oxygens (including phenoxy) is 6. The van der Waals surface area contributed by atoms with Gasteiger partial charge >= 0.3 is 6.03 Å². The SMILES string of the molecule is CC1(C)OC[C@@H](COc2cc(N)ccn2)O1.CCn1cc(-c2nc3c(cc2Cl)N2CC[C@@H](C2)N3)cn1.CCn1cc(-c2nc3c(cc2Cl)N2CC[C@@H](C2)N3C(=O)Nc2ccnc(OC[C@@H]3COC(C)(C)O3)c2)cn1. The zero-order valence-electron chi connectivity index (χ0n) is 42.3. The number of anilines is 6. The summed E-state index contributed by atoms with van der Waals surface area (Å²) in [6.07, 6.45) is 12.4. The summed E-state index contributed by atoms with van der Waals surface area (Å²) < 4.78 is 37.4. The molecule has 4 saturated heterocycles. The molecule has 74 heavy (non-hydrogen) atoms. The number of carbonyl (C=O) groups excluding carboxylic acids is 1. The molecule has 6 aromatic rings. The first-order valence-corrected chi connectivity index (χ1v) is 25.7. The number of hydrogen-bond donors (Lipinski definition) is 3. The van der Waals surface area contributed by atoms with E-state index < -0.39 is 11.6 Å². The predicted octanol–water partition coefficient (Wildman–Crippen LogP) is 7.99. The van der Waals surface area contributed by atoms with Crippen LogP contribution in [0.4, 0.5) is 39.2 Å². The number of nitrogens with zero attached hydrogens (tertiary/aromatic N) is 11. The van der Waals surface area contributed by atoms with Crippen LogP contribution in [0.5, 0.6) is 11.8 Å². The summed E-state index contributed by atoms with van der Waals surface area (Å²) in [5, 5.41) is 16.4. The highest BCUT2D eigenvalue weighted by Gasteiger charge is 2.41. The van der Waals surface area contributed by atoms with Crippen molar-refractivity contribution in [3.63, 3.8) is 0 Å². The molecule has 4 atom stereocenters. The number of halogens is 2. The van der Waals surface area contributed by atoms with E-state index >= 15 is 0 Å². The molecule has 4 bridgehead atoms. The smallest absolute Gasteiger partial charge is 0.327 e. The molecule has 12 rings (SSSR count). The third-order valence-corrected chi connectivity index (χ3v) is 13.8. The molecule has 2 amide bonds. The molecule has 6 aliphatic rings. The van der Waals surface area contributed by atoms with Crippen LogP contribution in [0.2, 0.25) is 10.0 Å². The number of carbonyl (C=O) groups is 1. The zero-order valence-corrected chi connectivity index (χ0v) is 43.8. The minimum Gasteiger partial charge on any atom is -0.475 e. The lowest BCUT2D eigenvalue weighted by Gasteiger charge is -2.36. The predicted molar refractivity (Wildman–Crippen MR) is 282 cm³/mol. The highest BCUT2D eigenvalue weighted by atomic mass is 35.5. The van der Waals surface area contributed by atoms with Crippen LogP contribution >= 0.6 is 23.2 Å². The van der Waals surface area contributed by atoms with Crippen molar-refractivity contribution >= 4 is 63.6 Å². The van der Waals surface area contributed by atoms with Crippen molar-refractivity contribution in [2.75, 3.05) is 83.7 Å². The van der Waals surface area contributed by atoms with Gasteiger partial charge in [0.15, 0.2) is 23.2 Å². The number of pyridine rings is 4. The Kier molecular flexibility index (Phi) is 14.7. The first-order valence-electron chi connectivity index (χ1n) is 25.0. The topological polar surface area (TPSA) is 219 Å². The standard InChI is InChI=1S/C26H30ClN7O4.C14H16ClN5.C11H16N2O3/c1-4-33-12-16(11-29-33)23-20(27)10-21-24(31-23)34(18-6-8-32(21)13-18)25(35)30-17-5-7-28-22(9-17)36-14-19-15-37-26(2,3)38-19;1-2-20-7-9(6-16-20)13-11(15)5-12-14(18-13)17-10-3-4-19(12)8-10;1-11(2)15-7-9(16-11)6-14-10-5-8(12)3-4-13-10/h5,7,9-12,18-19H,4,6,8,13-15H2,1-3H3,(H,28,30,35);5-7,10H,2-4,8H2,1H3,(H,17,18);3-5,9H,6-7H2,1-2H3,(H2,12,13)/t18-,19+;10-;9-/m001/s1. The van der Waals surface area contributed by atoms with Gasteiger partial charge in [0, 0.05) is 105 Å². The van der Waals surface area contributed by atoms with Gasteiger partial charge in [0.1, 0.15) is 25.4 Å². The number of nitrogen functional groups attached to an aromatic ring is 1. The fraction of sp³-hybridized carbons (Fsp3) is 0.471. The van der Waals surface area contributed by atoms with Gasteiger partial charge in [-0.05, 0) is 78.6 Å². The molecule has 12 heterocycles. The first-order chi connectivity index (χ1) is 35.6. The Morgan fingerprint density at radius 2 is 1.36 bits per heavy atom. The molecule has 0 radical (unpaired) electrons. The van der Waals surface area contributed by atoms with Crippen LogP contribution in [-0.2, 0) is 32.0 Å². The van der Waals surface area contributed by atoms with E-state index in [4.69, 9.17) is 67.3 Å². The van der Waals surface area contributed by atoms with Gasteiger partial charge in [0.2, 0.25) is 11.8 Å². The van der Waals surface area contributed by atoms with E-state index in [9.17, 15) is 4.79 Å². The summed E-state index contributed by atoms with van der Waals surface area (Å²) in [6, 6.07) is 11.0. The normalized spacial score (nSPS) is 21.4. The number of fused-ring (bicyclic) bond motifs is 8. The van der Waals surface area contributed by atoms with Gasteiger partial charge in [-0.3, -0.25) is 14.3 Å². The van der Waals surface area contributed by atoms with E-state index in [1.54, 1.807) is 47.8 Å². The number of amides is 2. The average molecular weight is 1050 g/mol. The third kappa shape index (κ3) is 11.6. The lowest BCUT2D eigenvalue weighted by molar-refractivity contribution is -0.142. The number of aryl methyl sites for hydroxylation is 2. The maximum Gasteiger partial charge on any atom is 0.327 e. The van der Waals surface area contributed by atoms with Gasteiger partial charge in [-0.1, -0.05) is 23.2 Å². The quantitative estimate of drug-likeness (QED) is 0.112. The second kappa shape index (κ2) is 21.4. The Morgan fingerprint density at radius 3 is 1.96 bits per heavy atom. The molecule has 392 valence electrons. The average Bonchev–Trinajstić information content (AvgIpc) is 4.26. The molecule has 6 aromatic heterocycles. The second-order valence-electron chi connectivity index (χ2n) is 19.6. The monoisotopic (exact) mass is 1050 g/mol. The fourth-order valence-electron chi connectivity index (χ4n) is 9.63. The maximum atomic E-state index is 13.7. The summed E-state index contributed by atoms with van der Waals surface area (Å²) in [6.45, 7) is 18.6. The largest absolute Gasteiger partial charge is 0.475 e. The Bertz CT molecular complexity index is 2970. The van der Waals surface area contributed by atoms with Crippen molar-refractivity contribution in [3.8, 4) is 34.3 Å². The maximum absolute atomic E-state index is 13.7. The molecular formula is C51H62Cl2N14O7. The van der Waals surface area contributed by atoms with Crippen LogP contribution in [0.3, 0.4) is 0 Å². The molecule has 0 aromatic carbocycles. The third-order valence-electron chi connectivity index (χ3n) is 13.3. The highest BCUT2D eigenvalue weighted by molar-refractivity contribution is 6.34. The lowest BCUT2D eigenvalue weighted by atomic mass is 10.1. The highest BCUT2D eigenvalue weighted by Crippen LogP contribution is 2.44. The minimum atomic E-state index is -0.619. The fourth-order valence-corrected chi connectivity index (χ4v) is 10.1. The summed E-state index contributed by atoms with van der Waals surface area (Å²) in [5.74, 6) is 1.30. The van der Waals surface area contributed by atoms with Gasteiger partial charge in [0.25, 0.3) is 0 Å². The van der Waals surface area contributed by atoms with Crippen LogP contribution in [0.25, 0.3) is 22.5 Å². The Balaban J connectivity index is 0.000000144. The number of urea groups is 1. The number of nitrogens with two attached hydrogens (primary N) is 1. The van der Waals surface area contributed by atoms with E-state index in [1.165, 1.54) is 0 Å². The van der Waals surface area contributed by atoms with Gasteiger partial charge in [-0.2, -0.15) is 10.2 Å². The van der Waals surface area contributed by atoms with Gasteiger partial charge in [-0.15, -0.1) is 0 Å². The molecule has 0 aliphatic carbocycles. The molecular weight excluding hydrogens is 992 g/mol. The summed E-state index contributed by atoms with van der Waals surface area (Å²) in [7, 11) is 0. The summed E-state index contributed by atoms with van der Waals surface area (Å²) >= 11 is 13.1. The Hall–Kier alpha value is -6.49. The van der Waals surface area contributed by atoms with Crippen molar-refractivity contribution in [2.24, 2.45) is 0 Å². The van der Waals surface area contributed by atoms with E-state index in [2.05, 4.69) is 47.5 Å². The number of rotatable bonds is 11. The number of aromatic nitrogens is 8. The second-order valence-corrected chi connectivity index (χ2v) is 20.4. The Labute approximate surface area is 439 Å². The molecule has 23 heteroatoms. The Morgan fingerprint density at radius 1 is 0.784 bits per heavy atom. The van der Waals surface area contributed by atoms with Crippen LogP contribution in [0.1, 0.15) is 54.4 Å². The minimum absolute atomic E-state index is 0.00261. The van der Waals surface area contributed by atoms with Gasteiger partial charge < -0.3 is 54.6 Å². The van der Waals surface area contributed by atoms with Gasteiger partial charge in [-0.25, -0.2) is 24.7 Å². The van der Waals surface area contributed by atoms with Crippen LogP contribution in [0.15, 0.2) is 73.6 Å². The van der Waals surface area contributed by atoms with Gasteiger partial charge in [0.05, 0.1) is 64.5 Å². The van der Waals surface area contributed by atoms with Crippen molar-refractivity contribution in [1.29, 1.82) is 0 Å². The van der Waals surface area contributed by atoms with E-state index in [0.29, 0.717) is 77.2 Å². The molecule has 21 nitrogen and oxygen atoms in total. The summed E-state index contributed by atoms with van der Waals surface area (Å²) in [4.78, 5) is 37.9. The van der Waals surface area contributed by atoms with E-state index in [0.717, 1.165) is 86.1 Å². The van der Waals surface area contributed by atoms with E-state index in [1.807, 2.05) is 74.7 Å². The van der Waals surface area contributed by atoms with Crippen molar-refractivity contribution in [2.45, 2.75) is 103 Å². The molecule has 0 saturated carbocycles. The lowest BCUT2D eigenvalue weighted by Crippen LogP contribution is -2.48. The van der Waals surface area contributed by atoms with Crippen molar-refractivity contribution in [3.05, 3.63) is 83.6 Å². The molecule has 4 fully saturated rings. The number of nitrogens with one attached hydrogen (secondary N) is 2. The zero-order chi connectivity index (χ0) is 51.7. The van der Waals surface area contributed by atoms with Crippen molar-refractivity contribution in [1.82, 2.24) is 39.5 Å². The molecule has 0 unspecified atom stereocenters. The molecule has 4 N–H and O–H groups in total. The van der Waals surface area contributed by atoms with Crippen LogP contribution in [0, 0.1) is 0 Å². The summed E-state index contributed by atoms with van der Waals surface area (Å²) in [5.41, 5.74) is 12.0. The first kappa shape index (κ1) is 51.0. The van der Waals surface area contributed by atoms with Crippen LogP contribution in [-0.4, -0.2) is 134 Å². The number of hydrogen-bond acceptors (Lipinski definition) is 17.